The molecule has 0 heterocycles. The van der Waals surface area contributed by atoms with Gasteiger partial charge in [-0.1, -0.05) is 12.1 Å². The molecule has 0 radical (unpaired) electrons. The van der Waals surface area contributed by atoms with E-state index in [0.29, 0.717) is 0 Å². The van der Waals surface area contributed by atoms with E-state index in [2.05, 4.69) is 0 Å². The Morgan fingerprint density at radius 2 is 1.50 bits per heavy atom. The van der Waals surface area contributed by atoms with Crippen LogP contribution in [0, 0.1) is 5.82 Å². The van der Waals surface area contributed by atoms with Crippen molar-refractivity contribution in [1.29, 1.82) is 0 Å². The molecular formula is C7H4BF4KO. The number of carbonyl (C=O) groups excluding carboxylic acids is 1. The van der Waals surface area contributed by atoms with Gasteiger partial charge < -0.3 is 17.7 Å². The van der Waals surface area contributed by atoms with E-state index in [4.69, 9.17) is 0 Å². The molecule has 0 amide bonds. The summed E-state index contributed by atoms with van der Waals surface area (Å²) in [4.78, 5) is 10.6. The minimum absolute atomic E-state index is 0. The van der Waals surface area contributed by atoms with Crippen LogP contribution >= 0.6 is 0 Å². The van der Waals surface area contributed by atoms with Crippen LogP contribution in [0.25, 0.3) is 0 Å². The first-order chi connectivity index (χ1) is 5.91. The second-order valence-corrected chi connectivity index (χ2v) is 2.45. The van der Waals surface area contributed by atoms with Gasteiger partial charge in [-0.2, -0.15) is 0 Å². The standard InChI is InChI=1S/C7H4BF4O.K/c9-6-3-1-5(2-4-6)7(13)8(10,11)12;/h1-4H;/q-1;+1. The van der Waals surface area contributed by atoms with Crippen molar-refractivity contribution in [3.8, 4) is 0 Å². The Morgan fingerprint density at radius 1 is 1.07 bits per heavy atom. The van der Waals surface area contributed by atoms with Gasteiger partial charge in [0, 0.05) is 0 Å². The fraction of sp³-hybridized carbons (Fsp3) is 0. The van der Waals surface area contributed by atoms with E-state index in [1.54, 1.807) is 0 Å². The summed E-state index contributed by atoms with van der Waals surface area (Å²) in [5.41, 5.74) is -2.44. The summed E-state index contributed by atoms with van der Waals surface area (Å²) in [6.45, 7) is -5.52. The van der Waals surface area contributed by atoms with Gasteiger partial charge in [-0.25, -0.2) is 4.39 Å². The molecule has 1 rings (SSSR count). The van der Waals surface area contributed by atoms with Crippen LogP contribution in [0.4, 0.5) is 17.3 Å². The van der Waals surface area contributed by atoms with Crippen molar-refractivity contribution >= 4 is 12.7 Å². The molecule has 0 bridgehead atoms. The molecule has 1 aromatic carbocycles. The van der Waals surface area contributed by atoms with E-state index in [1.165, 1.54) is 0 Å². The zero-order chi connectivity index (χ0) is 10.1. The minimum Gasteiger partial charge on any atom is -0.443 e. The summed E-state index contributed by atoms with van der Waals surface area (Å²) in [6.07, 6.45) is 0. The normalized spacial score (nSPS) is 10.6. The third kappa shape index (κ3) is 3.82. The third-order valence-electron chi connectivity index (χ3n) is 1.43. The molecule has 0 N–H and O–H groups in total. The van der Waals surface area contributed by atoms with Crippen molar-refractivity contribution in [2.24, 2.45) is 0 Å². The van der Waals surface area contributed by atoms with E-state index < -0.39 is 24.0 Å². The van der Waals surface area contributed by atoms with Crippen molar-refractivity contribution in [3.05, 3.63) is 35.6 Å². The van der Waals surface area contributed by atoms with Crippen LogP contribution < -0.4 is 51.4 Å². The van der Waals surface area contributed by atoms with Gasteiger partial charge in [0.1, 0.15) is 11.5 Å². The zero-order valence-corrected chi connectivity index (χ0v) is 10.4. The maximum absolute atomic E-state index is 12.3. The molecule has 1 nitrogen and oxygen atoms in total. The predicted molar refractivity (Wildman–Crippen MR) is 39.8 cm³/mol. The zero-order valence-electron chi connectivity index (χ0n) is 7.31. The minimum atomic E-state index is -5.52. The van der Waals surface area contributed by atoms with Gasteiger partial charge in [0.05, 0.1) is 0 Å². The first-order valence-corrected chi connectivity index (χ1v) is 3.41. The fourth-order valence-electron chi connectivity index (χ4n) is 0.803. The Kier molecular flexibility index (Phi) is 5.53. The van der Waals surface area contributed by atoms with Gasteiger partial charge in [0.15, 0.2) is 0 Å². The van der Waals surface area contributed by atoms with Crippen LogP contribution in [0.3, 0.4) is 0 Å². The number of halogens is 4. The van der Waals surface area contributed by atoms with Crippen LogP contribution in [-0.2, 0) is 0 Å². The Morgan fingerprint density at radius 3 is 1.86 bits per heavy atom. The van der Waals surface area contributed by atoms with E-state index >= 15 is 0 Å². The van der Waals surface area contributed by atoms with E-state index in [0.717, 1.165) is 24.3 Å². The number of hydrogen-bond acceptors (Lipinski definition) is 1. The van der Waals surface area contributed by atoms with Crippen LogP contribution in [0.2, 0.25) is 0 Å². The molecule has 14 heavy (non-hydrogen) atoms. The largest absolute Gasteiger partial charge is 1.00 e. The Hall–Kier alpha value is 0.311. The molecule has 70 valence electrons. The molecule has 0 unspecified atom stereocenters. The second kappa shape index (κ2) is 5.41. The maximum Gasteiger partial charge on any atom is 1.00 e. The molecule has 1 aromatic rings. The molecule has 0 saturated heterocycles. The Labute approximate surface area is 120 Å². The number of carbonyl (C=O) groups is 1. The van der Waals surface area contributed by atoms with E-state index in [1.807, 2.05) is 0 Å². The molecule has 0 aliphatic heterocycles. The first-order valence-electron chi connectivity index (χ1n) is 3.41. The molecule has 7 heteroatoms. The van der Waals surface area contributed by atoms with Crippen LogP contribution in [0.5, 0.6) is 0 Å². The van der Waals surface area contributed by atoms with Gasteiger partial charge in [0.25, 0.3) is 0 Å². The maximum atomic E-state index is 12.3. The van der Waals surface area contributed by atoms with Crippen molar-refractivity contribution < 1.29 is 73.5 Å². The van der Waals surface area contributed by atoms with Crippen molar-refractivity contribution in [3.63, 3.8) is 0 Å². The predicted octanol–water partition coefficient (Wildman–Crippen LogP) is -0.601. The summed E-state index contributed by atoms with van der Waals surface area (Å²) in [6, 6.07) is 3.25. The monoisotopic (exact) mass is 230 g/mol. The smallest absolute Gasteiger partial charge is 0.443 e. The number of benzene rings is 1. The first kappa shape index (κ1) is 14.3. The molecule has 0 spiro atoms. The van der Waals surface area contributed by atoms with Crippen molar-refractivity contribution in [2.45, 2.75) is 0 Å². The van der Waals surface area contributed by atoms with Gasteiger partial charge >= 0.3 is 58.4 Å². The molecule has 0 atom stereocenters. The van der Waals surface area contributed by atoms with Gasteiger partial charge in [0.2, 0.25) is 0 Å². The SMILES string of the molecule is O=C(c1ccc(F)cc1)[B-](F)(F)F.[K+]. The summed E-state index contributed by atoms with van der Waals surface area (Å²) in [5, 5.41) is 0. The fourth-order valence-corrected chi connectivity index (χ4v) is 0.803. The second-order valence-electron chi connectivity index (χ2n) is 2.45. The summed E-state index contributed by atoms with van der Waals surface area (Å²) >= 11 is 0. The quantitative estimate of drug-likeness (QED) is 0.489. The summed E-state index contributed by atoms with van der Waals surface area (Å²) in [5.74, 6) is -0.675. The third-order valence-corrected chi connectivity index (χ3v) is 1.43. The van der Waals surface area contributed by atoms with Crippen LogP contribution in [-0.4, -0.2) is 12.7 Å². The molecular weight excluding hydrogens is 226 g/mol. The van der Waals surface area contributed by atoms with E-state index in [9.17, 15) is 22.1 Å². The van der Waals surface area contributed by atoms with Crippen LogP contribution in [0.15, 0.2) is 24.3 Å². The Bertz CT molecular complexity index is 321. The number of hydrogen-bond donors (Lipinski definition) is 0. The number of rotatable bonds is 2. The van der Waals surface area contributed by atoms with Crippen molar-refractivity contribution in [2.75, 3.05) is 0 Å². The summed E-state index contributed by atoms with van der Waals surface area (Å²) < 4.78 is 47.8. The Balaban J connectivity index is 0.00000169. The molecule has 0 aromatic heterocycles. The van der Waals surface area contributed by atoms with E-state index in [-0.39, 0.29) is 51.4 Å². The van der Waals surface area contributed by atoms with Gasteiger partial charge in [-0.15, -0.1) is 0 Å². The van der Waals surface area contributed by atoms with Crippen molar-refractivity contribution in [1.82, 2.24) is 0 Å². The van der Waals surface area contributed by atoms with Gasteiger partial charge in [-0.05, 0) is 17.7 Å². The molecule has 0 aliphatic carbocycles. The topological polar surface area (TPSA) is 17.1 Å². The average Bonchev–Trinajstić information content (AvgIpc) is 2.03. The van der Waals surface area contributed by atoms with Crippen LogP contribution in [0.1, 0.15) is 10.4 Å². The molecule has 0 fully saturated rings. The summed E-state index contributed by atoms with van der Waals surface area (Å²) in [7, 11) is 0. The molecule has 0 aliphatic rings. The van der Waals surface area contributed by atoms with Gasteiger partial charge in [-0.3, -0.25) is 0 Å². The average molecular weight is 230 g/mol. The molecule has 0 saturated carbocycles.